The zero-order valence-corrected chi connectivity index (χ0v) is 15.7. The van der Waals surface area contributed by atoms with Gasteiger partial charge in [0.15, 0.2) is 0 Å². The number of allylic oxidation sites excluding steroid dienone is 1. The van der Waals surface area contributed by atoms with Gasteiger partial charge >= 0.3 is 0 Å². The van der Waals surface area contributed by atoms with Crippen molar-refractivity contribution in [2.45, 2.75) is 64.2 Å². The molecular weight excluding hydrogens is 300 g/mol. The zero-order chi connectivity index (χ0) is 17.2. The van der Waals surface area contributed by atoms with Gasteiger partial charge in [0.2, 0.25) is 0 Å². The monoisotopic (exact) mass is 332 g/mol. The van der Waals surface area contributed by atoms with Gasteiger partial charge in [0.05, 0.1) is 0 Å². The van der Waals surface area contributed by atoms with Crippen molar-refractivity contribution in [3.05, 3.63) is 60.2 Å². The van der Waals surface area contributed by atoms with Crippen LogP contribution >= 0.6 is 0 Å². The van der Waals surface area contributed by atoms with Crippen molar-refractivity contribution in [2.75, 3.05) is 0 Å². The van der Waals surface area contributed by atoms with Crippen molar-refractivity contribution in [3.63, 3.8) is 0 Å². The molecule has 2 saturated carbocycles. The third kappa shape index (κ3) is 3.68. The largest absolute Gasteiger partial charge is 0.103 e. The Morgan fingerprint density at radius 3 is 2.56 bits per heavy atom. The minimum Gasteiger partial charge on any atom is -0.103 e. The molecule has 25 heavy (non-hydrogen) atoms. The van der Waals surface area contributed by atoms with Gasteiger partial charge in [0, 0.05) is 0 Å². The van der Waals surface area contributed by atoms with Gasteiger partial charge in [-0.25, -0.2) is 0 Å². The van der Waals surface area contributed by atoms with Crippen LogP contribution in [0.15, 0.2) is 49.1 Å². The summed E-state index contributed by atoms with van der Waals surface area (Å²) >= 11 is 0. The minimum atomic E-state index is 0.791. The molecule has 2 fully saturated rings. The second-order valence-electron chi connectivity index (χ2n) is 8.72. The Hall–Kier alpha value is -1.56. The van der Waals surface area contributed by atoms with Gasteiger partial charge in [0.1, 0.15) is 0 Å². The standard InChI is InChI=1S/C25H32/c1-3-4-5-19-7-9-23-17-25(13-11-21(23)15-19)24-12-10-20-14-18(2)6-8-22(20)16-24/h3,7,9,11,13,15,17-18,20,22,24H,1,4-6,8,10,12,14,16H2,2H3/t18?,20-,22?,24-/m1/s1. The first-order chi connectivity index (χ1) is 12.2. The molecule has 0 bridgehead atoms. The summed E-state index contributed by atoms with van der Waals surface area (Å²) in [5, 5.41) is 2.81. The first kappa shape index (κ1) is 16.9. The lowest BCUT2D eigenvalue weighted by molar-refractivity contribution is 0.124. The Kier molecular flexibility index (Phi) is 4.97. The van der Waals surface area contributed by atoms with Crippen molar-refractivity contribution in [2.24, 2.45) is 17.8 Å². The average Bonchev–Trinajstić information content (AvgIpc) is 2.65. The Bertz CT molecular complexity index is 741. The molecule has 0 spiro atoms. The van der Waals surface area contributed by atoms with Crippen LogP contribution in [0.2, 0.25) is 0 Å². The molecule has 0 N–H and O–H groups in total. The summed E-state index contributed by atoms with van der Waals surface area (Å²) in [5.41, 5.74) is 3.01. The van der Waals surface area contributed by atoms with Gasteiger partial charge in [-0.2, -0.15) is 0 Å². The van der Waals surface area contributed by atoms with Crippen LogP contribution in [-0.4, -0.2) is 0 Å². The summed E-state index contributed by atoms with van der Waals surface area (Å²) in [6.45, 7) is 6.29. The van der Waals surface area contributed by atoms with Crippen molar-refractivity contribution >= 4 is 10.8 Å². The fourth-order valence-corrected chi connectivity index (χ4v) is 5.42. The second kappa shape index (κ2) is 7.36. The predicted octanol–water partition coefficient (Wildman–Crippen LogP) is 7.28. The summed E-state index contributed by atoms with van der Waals surface area (Å²) in [5.74, 6) is 3.77. The number of benzene rings is 2. The highest BCUT2D eigenvalue weighted by Gasteiger charge is 2.34. The third-order valence-electron chi connectivity index (χ3n) is 6.91. The molecule has 2 aromatic rings. The van der Waals surface area contributed by atoms with Gasteiger partial charge in [-0.05, 0) is 90.5 Å². The van der Waals surface area contributed by atoms with E-state index < -0.39 is 0 Å². The van der Waals surface area contributed by atoms with Crippen LogP contribution in [0.25, 0.3) is 10.8 Å². The summed E-state index contributed by atoms with van der Waals surface area (Å²) < 4.78 is 0. The molecule has 0 aromatic heterocycles. The molecule has 0 heteroatoms. The Morgan fingerprint density at radius 1 is 0.920 bits per heavy atom. The van der Waals surface area contributed by atoms with Gasteiger partial charge in [0.25, 0.3) is 0 Å². The topological polar surface area (TPSA) is 0 Å². The fraction of sp³-hybridized carbons (Fsp3) is 0.520. The Labute approximate surface area is 153 Å². The van der Waals surface area contributed by atoms with Gasteiger partial charge in [-0.15, -0.1) is 6.58 Å². The first-order valence-corrected chi connectivity index (χ1v) is 10.4. The summed E-state index contributed by atoms with van der Waals surface area (Å²) in [6.07, 6.45) is 12.9. The molecule has 0 amide bonds. The maximum Gasteiger partial charge on any atom is -0.0159 e. The molecule has 2 aromatic carbocycles. The van der Waals surface area contributed by atoms with E-state index in [1.807, 2.05) is 6.08 Å². The van der Waals surface area contributed by atoms with Crippen molar-refractivity contribution < 1.29 is 0 Å². The molecule has 2 aliphatic rings. The number of hydrogen-bond donors (Lipinski definition) is 0. The number of hydrogen-bond acceptors (Lipinski definition) is 0. The van der Waals surface area contributed by atoms with E-state index in [9.17, 15) is 0 Å². The minimum absolute atomic E-state index is 0.791. The van der Waals surface area contributed by atoms with Crippen LogP contribution in [0.4, 0.5) is 0 Å². The highest BCUT2D eigenvalue weighted by atomic mass is 14.4. The lowest BCUT2D eigenvalue weighted by Gasteiger charge is -2.41. The molecule has 0 saturated heterocycles. The quantitative estimate of drug-likeness (QED) is 0.516. The molecule has 2 aliphatic carbocycles. The molecule has 2 unspecified atom stereocenters. The molecule has 0 radical (unpaired) electrons. The maximum atomic E-state index is 3.83. The van der Waals surface area contributed by atoms with Crippen LogP contribution in [0, 0.1) is 17.8 Å². The van der Waals surface area contributed by atoms with Crippen molar-refractivity contribution in [1.82, 2.24) is 0 Å². The SMILES string of the molecule is C=CCCc1ccc2cc([C@@H]3CC[C@@H]4CC(C)CCC4C3)ccc2c1. The molecule has 0 aliphatic heterocycles. The van der Waals surface area contributed by atoms with Crippen molar-refractivity contribution in [1.29, 1.82) is 0 Å². The van der Waals surface area contributed by atoms with E-state index in [1.165, 1.54) is 54.9 Å². The van der Waals surface area contributed by atoms with Gasteiger partial charge in [-0.3, -0.25) is 0 Å². The Balaban J connectivity index is 1.51. The normalized spacial score (nSPS) is 29.3. The smallest absolute Gasteiger partial charge is 0.0159 e. The molecule has 0 heterocycles. The highest BCUT2D eigenvalue weighted by molar-refractivity contribution is 5.84. The van der Waals surface area contributed by atoms with Crippen LogP contribution in [0.5, 0.6) is 0 Å². The van der Waals surface area contributed by atoms with Crippen LogP contribution < -0.4 is 0 Å². The van der Waals surface area contributed by atoms with Crippen LogP contribution in [0.1, 0.15) is 68.9 Å². The molecule has 0 nitrogen and oxygen atoms in total. The number of aryl methyl sites for hydroxylation is 1. The summed E-state index contributed by atoms with van der Waals surface area (Å²) in [4.78, 5) is 0. The third-order valence-corrected chi connectivity index (χ3v) is 6.91. The second-order valence-corrected chi connectivity index (χ2v) is 8.72. The lowest BCUT2D eigenvalue weighted by Crippen LogP contribution is -2.29. The van der Waals surface area contributed by atoms with Crippen molar-refractivity contribution in [3.8, 4) is 0 Å². The maximum absolute atomic E-state index is 3.83. The molecule has 4 atom stereocenters. The zero-order valence-electron chi connectivity index (χ0n) is 15.7. The molecule has 4 rings (SSSR count). The average molecular weight is 333 g/mol. The highest BCUT2D eigenvalue weighted by Crippen LogP contribution is 2.47. The molecule has 132 valence electrons. The van der Waals surface area contributed by atoms with E-state index in [1.54, 1.807) is 5.56 Å². The van der Waals surface area contributed by atoms with E-state index in [4.69, 9.17) is 0 Å². The van der Waals surface area contributed by atoms with E-state index in [2.05, 4.69) is 49.9 Å². The summed E-state index contributed by atoms with van der Waals surface area (Å²) in [6, 6.07) is 14.2. The number of fused-ring (bicyclic) bond motifs is 2. The van der Waals surface area contributed by atoms with Crippen LogP contribution in [-0.2, 0) is 6.42 Å². The summed E-state index contributed by atoms with van der Waals surface area (Å²) in [7, 11) is 0. The van der Waals surface area contributed by atoms with Crippen LogP contribution in [0.3, 0.4) is 0 Å². The fourth-order valence-electron chi connectivity index (χ4n) is 5.42. The van der Waals surface area contributed by atoms with E-state index in [-0.39, 0.29) is 0 Å². The lowest BCUT2D eigenvalue weighted by atomic mass is 9.64. The van der Waals surface area contributed by atoms with E-state index in [0.717, 1.165) is 36.5 Å². The first-order valence-electron chi connectivity index (χ1n) is 10.4. The molecular formula is C25H32. The predicted molar refractivity (Wildman–Crippen MR) is 109 cm³/mol. The van der Waals surface area contributed by atoms with Gasteiger partial charge < -0.3 is 0 Å². The van der Waals surface area contributed by atoms with E-state index in [0.29, 0.717) is 0 Å². The Morgan fingerprint density at radius 2 is 1.68 bits per heavy atom. The van der Waals surface area contributed by atoms with E-state index >= 15 is 0 Å². The van der Waals surface area contributed by atoms with Gasteiger partial charge in [-0.1, -0.05) is 55.8 Å². The number of rotatable bonds is 4.